The van der Waals surface area contributed by atoms with Crippen LogP contribution in [0.2, 0.25) is 0 Å². The third-order valence-electron chi connectivity index (χ3n) is 4.03. The lowest BCUT2D eigenvalue weighted by Gasteiger charge is -2.15. The Morgan fingerprint density at radius 3 is 2.20 bits per heavy atom. The topological polar surface area (TPSA) is 134 Å². The van der Waals surface area contributed by atoms with Crippen molar-refractivity contribution >= 4 is 29.3 Å². The number of benzene rings is 2. The Bertz CT molecular complexity index is 954. The smallest absolute Gasteiger partial charge is 0.344 e. The van der Waals surface area contributed by atoms with Gasteiger partial charge in [-0.3, -0.25) is 14.4 Å². The van der Waals surface area contributed by atoms with E-state index >= 15 is 0 Å². The monoisotopic (exact) mass is 414 g/mol. The molecule has 0 aromatic heterocycles. The molecule has 9 nitrogen and oxygen atoms in total. The van der Waals surface area contributed by atoms with Crippen LogP contribution in [0.15, 0.2) is 42.5 Å². The molecule has 0 spiro atoms. The van der Waals surface area contributed by atoms with E-state index in [9.17, 15) is 19.2 Å². The number of rotatable bonds is 9. The average Bonchev–Trinajstić information content (AvgIpc) is 2.72. The van der Waals surface area contributed by atoms with E-state index in [2.05, 4.69) is 5.32 Å². The van der Waals surface area contributed by atoms with Gasteiger partial charge in [0.15, 0.2) is 30.0 Å². The molecular formula is C21H22N2O7. The first kappa shape index (κ1) is 22.4. The van der Waals surface area contributed by atoms with Gasteiger partial charge in [-0.15, -0.1) is 0 Å². The van der Waals surface area contributed by atoms with Gasteiger partial charge < -0.3 is 25.3 Å². The summed E-state index contributed by atoms with van der Waals surface area (Å²) in [5.41, 5.74) is 6.32. The number of carbonyl (C=O) groups is 4. The van der Waals surface area contributed by atoms with Gasteiger partial charge in [-0.25, -0.2) is 4.79 Å². The number of primary amides is 1. The lowest BCUT2D eigenvalue weighted by molar-refractivity contribution is -0.155. The number of esters is 1. The van der Waals surface area contributed by atoms with Gasteiger partial charge in [0, 0.05) is 16.8 Å². The fourth-order valence-corrected chi connectivity index (χ4v) is 2.39. The number of nitrogens with one attached hydrogen (secondary N) is 1. The quantitative estimate of drug-likeness (QED) is 0.473. The molecule has 9 heteroatoms. The van der Waals surface area contributed by atoms with Crippen LogP contribution in [0.25, 0.3) is 0 Å². The van der Waals surface area contributed by atoms with E-state index in [1.54, 1.807) is 6.07 Å². The van der Waals surface area contributed by atoms with Gasteiger partial charge in [0.05, 0.1) is 7.11 Å². The largest absolute Gasteiger partial charge is 0.493 e. The van der Waals surface area contributed by atoms with Gasteiger partial charge in [-0.1, -0.05) is 0 Å². The number of amides is 2. The fraction of sp³-hybridized carbons (Fsp3) is 0.238. The molecule has 0 heterocycles. The van der Waals surface area contributed by atoms with E-state index in [1.807, 2.05) is 0 Å². The van der Waals surface area contributed by atoms with Crippen LogP contribution in [-0.2, 0) is 14.3 Å². The second-order valence-electron chi connectivity index (χ2n) is 6.27. The maximum Gasteiger partial charge on any atom is 0.344 e. The van der Waals surface area contributed by atoms with E-state index in [-0.39, 0.29) is 11.5 Å². The van der Waals surface area contributed by atoms with Gasteiger partial charge in [-0.05, 0) is 56.3 Å². The first-order chi connectivity index (χ1) is 14.2. The van der Waals surface area contributed by atoms with Gasteiger partial charge in [0.2, 0.25) is 5.91 Å². The average molecular weight is 414 g/mol. The Morgan fingerprint density at radius 1 is 1.00 bits per heavy atom. The van der Waals surface area contributed by atoms with Gasteiger partial charge in [0.1, 0.15) is 0 Å². The van der Waals surface area contributed by atoms with Crippen LogP contribution in [0.4, 0.5) is 5.69 Å². The second-order valence-corrected chi connectivity index (χ2v) is 6.27. The third-order valence-corrected chi connectivity index (χ3v) is 4.03. The zero-order chi connectivity index (χ0) is 22.3. The number of anilines is 1. The number of nitrogens with two attached hydrogens (primary N) is 1. The molecule has 0 fully saturated rings. The minimum atomic E-state index is -1.08. The first-order valence-corrected chi connectivity index (χ1v) is 8.93. The predicted octanol–water partition coefficient (Wildman–Crippen LogP) is 1.95. The maximum atomic E-state index is 12.2. The van der Waals surface area contributed by atoms with E-state index in [0.717, 1.165) is 0 Å². The number of carbonyl (C=O) groups excluding carboxylic acids is 4. The van der Waals surface area contributed by atoms with Crippen molar-refractivity contribution in [2.45, 2.75) is 20.0 Å². The summed E-state index contributed by atoms with van der Waals surface area (Å²) in [7, 11) is 1.41. The molecule has 2 rings (SSSR count). The Morgan fingerprint density at radius 2 is 1.63 bits per heavy atom. The van der Waals surface area contributed by atoms with E-state index in [0.29, 0.717) is 22.6 Å². The summed E-state index contributed by atoms with van der Waals surface area (Å²) in [5.74, 6) is -1.49. The van der Waals surface area contributed by atoms with Crippen LogP contribution >= 0.6 is 0 Å². The first-order valence-electron chi connectivity index (χ1n) is 8.93. The van der Waals surface area contributed by atoms with Crippen molar-refractivity contribution in [3.63, 3.8) is 0 Å². The molecule has 0 radical (unpaired) electrons. The molecule has 158 valence electrons. The molecule has 2 amide bonds. The SMILES string of the molecule is COc1cc(C(C)=O)ccc1OCC(=O)O[C@@H](C)C(=O)Nc1ccc(C(N)=O)cc1. The molecule has 0 aliphatic rings. The van der Waals surface area contributed by atoms with Gasteiger partial charge in [0.25, 0.3) is 5.91 Å². The Labute approximate surface area is 173 Å². The highest BCUT2D eigenvalue weighted by Crippen LogP contribution is 2.28. The molecular weight excluding hydrogens is 392 g/mol. The summed E-state index contributed by atoms with van der Waals surface area (Å²) in [6.07, 6.45) is -1.08. The molecule has 0 saturated heterocycles. The summed E-state index contributed by atoms with van der Waals surface area (Å²) >= 11 is 0. The highest BCUT2D eigenvalue weighted by molar-refractivity contribution is 5.97. The van der Waals surface area contributed by atoms with Crippen molar-refractivity contribution in [1.29, 1.82) is 0 Å². The molecule has 30 heavy (non-hydrogen) atoms. The van der Waals surface area contributed by atoms with E-state index < -0.39 is 30.5 Å². The number of hydrogen-bond acceptors (Lipinski definition) is 7. The number of methoxy groups -OCH3 is 1. The van der Waals surface area contributed by atoms with Gasteiger partial charge in [-0.2, -0.15) is 0 Å². The third kappa shape index (κ3) is 6.06. The molecule has 3 N–H and O–H groups in total. The summed E-state index contributed by atoms with van der Waals surface area (Å²) in [5, 5.41) is 2.56. The lowest BCUT2D eigenvalue weighted by atomic mass is 10.1. The van der Waals surface area contributed by atoms with Gasteiger partial charge >= 0.3 is 5.97 Å². The number of Topliss-reactive ketones (excluding diaryl/α,β-unsaturated/α-hetero) is 1. The maximum absolute atomic E-state index is 12.2. The van der Waals surface area contributed by atoms with Crippen molar-refractivity contribution in [1.82, 2.24) is 0 Å². The molecule has 0 aliphatic heterocycles. The summed E-state index contributed by atoms with van der Waals surface area (Å²) < 4.78 is 15.6. The van der Waals surface area contributed by atoms with Crippen LogP contribution in [-0.4, -0.2) is 43.4 Å². The molecule has 0 saturated carbocycles. The van der Waals surface area contributed by atoms with Crippen molar-refractivity contribution in [2.24, 2.45) is 5.73 Å². The Kier molecular flexibility index (Phi) is 7.51. The highest BCUT2D eigenvalue weighted by Gasteiger charge is 2.19. The number of hydrogen-bond donors (Lipinski definition) is 2. The molecule has 1 atom stereocenters. The lowest BCUT2D eigenvalue weighted by Crippen LogP contribution is -2.31. The molecule has 2 aromatic rings. The highest BCUT2D eigenvalue weighted by atomic mass is 16.6. The predicted molar refractivity (Wildman–Crippen MR) is 108 cm³/mol. The Balaban J connectivity index is 1.88. The summed E-state index contributed by atoms with van der Waals surface area (Å²) in [6.45, 7) is 2.37. The van der Waals surface area contributed by atoms with Crippen LogP contribution in [0.3, 0.4) is 0 Å². The minimum absolute atomic E-state index is 0.136. The van der Waals surface area contributed by atoms with Crippen molar-refractivity contribution in [3.8, 4) is 11.5 Å². The Hall–Kier alpha value is -3.88. The standard InChI is InChI=1S/C21H22N2O7/c1-12(24)15-6-9-17(18(10-15)28-3)29-11-19(25)30-13(2)21(27)23-16-7-4-14(5-8-16)20(22)26/h4-10,13H,11H2,1-3H3,(H2,22,26)(H,23,27)/t13-/m0/s1. The molecule has 2 aromatic carbocycles. The molecule has 0 unspecified atom stereocenters. The van der Waals surface area contributed by atoms with Crippen LogP contribution in [0.5, 0.6) is 11.5 Å². The number of ether oxygens (including phenoxy) is 3. The van der Waals surface area contributed by atoms with Crippen LogP contribution < -0.4 is 20.5 Å². The summed E-state index contributed by atoms with van der Waals surface area (Å²) in [4.78, 5) is 46.7. The minimum Gasteiger partial charge on any atom is -0.493 e. The fourth-order valence-electron chi connectivity index (χ4n) is 2.39. The van der Waals surface area contributed by atoms with Crippen LogP contribution in [0.1, 0.15) is 34.6 Å². The molecule has 0 bridgehead atoms. The zero-order valence-corrected chi connectivity index (χ0v) is 16.8. The van der Waals surface area contributed by atoms with Crippen LogP contribution in [0, 0.1) is 0 Å². The second kappa shape index (κ2) is 10.1. The molecule has 0 aliphatic carbocycles. The van der Waals surface area contributed by atoms with Crippen molar-refractivity contribution in [2.75, 3.05) is 19.0 Å². The van der Waals surface area contributed by atoms with Crippen molar-refractivity contribution < 1.29 is 33.4 Å². The van der Waals surface area contributed by atoms with Crippen molar-refractivity contribution in [3.05, 3.63) is 53.6 Å². The van der Waals surface area contributed by atoms with E-state index in [4.69, 9.17) is 19.9 Å². The summed E-state index contributed by atoms with van der Waals surface area (Å²) in [6, 6.07) is 10.5. The normalized spacial score (nSPS) is 11.2. The number of ketones is 1. The zero-order valence-electron chi connectivity index (χ0n) is 16.8. The van der Waals surface area contributed by atoms with E-state index in [1.165, 1.54) is 57.4 Å².